The van der Waals surface area contributed by atoms with E-state index in [1.165, 1.54) is 22.9 Å². The average Bonchev–Trinajstić information content (AvgIpc) is 3.26. The summed E-state index contributed by atoms with van der Waals surface area (Å²) in [5.74, 6) is -0.256. The molecule has 0 bridgehead atoms. The van der Waals surface area contributed by atoms with E-state index in [9.17, 15) is 22.8 Å². The molecule has 0 aliphatic heterocycles. The predicted molar refractivity (Wildman–Crippen MR) is 120 cm³/mol. The van der Waals surface area contributed by atoms with E-state index in [1.807, 2.05) is 6.07 Å². The monoisotopic (exact) mass is 454 g/mol. The summed E-state index contributed by atoms with van der Waals surface area (Å²) in [5, 5.41) is 9.33. The maximum absolute atomic E-state index is 13.2. The van der Waals surface area contributed by atoms with E-state index in [2.05, 4.69) is 15.5 Å². The summed E-state index contributed by atoms with van der Waals surface area (Å²) in [6, 6.07) is 13.5. The molecule has 0 unspecified atom stereocenters. The molecule has 0 spiro atoms. The van der Waals surface area contributed by atoms with Crippen molar-refractivity contribution in [3.63, 3.8) is 0 Å². The number of amides is 1. The van der Waals surface area contributed by atoms with Gasteiger partial charge in [-0.1, -0.05) is 32.0 Å². The fourth-order valence-corrected chi connectivity index (χ4v) is 3.54. The molecule has 9 heteroatoms. The minimum Gasteiger partial charge on any atom is -0.326 e. The van der Waals surface area contributed by atoms with Gasteiger partial charge in [-0.2, -0.15) is 18.3 Å². The Bertz CT molecular complexity index is 1390. The maximum atomic E-state index is 13.2. The predicted octanol–water partition coefficient (Wildman–Crippen LogP) is 5.05. The Morgan fingerprint density at radius 1 is 1.15 bits per heavy atom. The second-order valence-electron chi connectivity index (χ2n) is 8.04. The third kappa shape index (κ3) is 4.67. The van der Waals surface area contributed by atoms with Crippen molar-refractivity contribution in [2.24, 2.45) is 5.92 Å². The normalized spacial score (nSPS) is 11.8. The minimum absolute atomic E-state index is 0.0751. The summed E-state index contributed by atoms with van der Waals surface area (Å²) in [6.07, 6.45) is -1.79. The van der Waals surface area contributed by atoms with Crippen LogP contribution in [0.15, 0.2) is 65.7 Å². The van der Waals surface area contributed by atoms with Gasteiger partial charge in [0.05, 0.1) is 6.54 Å². The van der Waals surface area contributed by atoms with Crippen LogP contribution in [-0.2, 0) is 17.5 Å². The molecular formula is C24H21F3N4O2. The number of rotatable bonds is 5. The van der Waals surface area contributed by atoms with Crippen molar-refractivity contribution in [2.45, 2.75) is 26.6 Å². The van der Waals surface area contributed by atoms with Crippen molar-refractivity contribution in [1.82, 2.24) is 14.8 Å². The lowest BCUT2D eigenvalue weighted by atomic mass is 10.0. The number of pyridine rings is 1. The molecule has 33 heavy (non-hydrogen) atoms. The molecule has 0 aliphatic carbocycles. The van der Waals surface area contributed by atoms with Crippen LogP contribution in [0.5, 0.6) is 0 Å². The number of carbonyl (C=O) groups is 1. The van der Waals surface area contributed by atoms with E-state index in [1.54, 1.807) is 50.4 Å². The first-order valence-corrected chi connectivity index (χ1v) is 10.3. The highest BCUT2D eigenvalue weighted by Gasteiger charge is 2.36. The van der Waals surface area contributed by atoms with Crippen LogP contribution in [0.3, 0.4) is 0 Å². The number of alkyl halides is 3. The first-order valence-electron chi connectivity index (χ1n) is 10.3. The second-order valence-corrected chi connectivity index (χ2v) is 8.04. The van der Waals surface area contributed by atoms with Gasteiger partial charge in [0.15, 0.2) is 5.69 Å². The molecule has 2 aromatic heterocycles. The number of halogens is 3. The lowest BCUT2D eigenvalue weighted by molar-refractivity contribution is -0.140. The maximum Gasteiger partial charge on any atom is 0.435 e. The summed E-state index contributed by atoms with van der Waals surface area (Å²) >= 11 is 0. The number of hydrogen-bond acceptors (Lipinski definition) is 3. The van der Waals surface area contributed by atoms with Gasteiger partial charge in [-0.3, -0.25) is 14.7 Å². The van der Waals surface area contributed by atoms with E-state index in [0.29, 0.717) is 22.0 Å². The zero-order valence-corrected chi connectivity index (χ0v) is 17.9. The van der Waals surface area contributed by atoms with Crippen molar-refractivity contribution in [3.05, 3.63) is 82.5 Å². The van der Waals surface area contributed by atoms with Gasteiger partial charge in [-0.05, 0) is 46.8 Å². The SMILES string of the molecule is CC(C)C(=O)Nc1cccc(Cn2ccc3cc(-c4c[nH]nc4C(F)(F)F)ccc3c2=O)c1. The number of benzene rings is 2. The van der Waals surface area contributed by atoms with Crippen LogP contribution in [0.4, 0.5) is 18.9 Å². The van der Waals surface area contributed by atoms with Crippen molar-refractivity contribution in [3.8, 4) is 11.1 Å². The number of anilines is 1. The molecule has 2 aromatic carbocycles. The molecule has 2 N–H and O–H groups in total. The Morgan fingerprint density at radius 2 is 1.94 bits per heavy atom. The fourth-order valence-electron chi connectivity index (χ4n) is 3.54. The third-order valence-electron chi connectivity index (χ3n) is 5.27. The summed E-state index contributed by atoms with van der Waals surface area (Å²) in [6.45, 7) is 3.88. The molecule has 170 valence electrons. The Kier molecular flexibility index (Phi) is 5.80. The largest absolute Gasteiger partial charge is 0.435 e. The van der Waals surface area contributed by atoms with Crippen LogP contribution in [0.25, 0.3) is 21.9 Å². The summed E-state index contributed by atoms with van der Waals surface area (Å²) in [4.78, 5) is 24.9. The average molecular weight is 454 g/mol. The highest BCUT2D eigenvalue weighted by atomic mass is 19.4. The Balaban J connectivity index is 1.64. The first-order chi connectivity index (χ1) is 15.6. The fraction of sp³-hybridized carbons (Fsp3) is 0.208. The molecule has 4 rings (SSSR count). The molecule has 0 aliphatic rings. The van der Waals surface area contributed by atoms with E-state index < -0.39 is 11.9 Å². The Morgan fingerprint density at radius 3 is 2.67 bits per heavy atom. The smallest absolute Gasteiger partial charge is 0.326 e. The summed E-state index contributed by atoms with van der Waals surface area (Å²) in [7, 11) is 0. The van der Waals surface area contributed by atoms with Crippen LogP contribution < -0.4 is 10.9 Å². The van der Waals surface area contributed by atoms with Crippen LogP contribution in [0.2, 0.25) is 0 Å². The van der Waals surface area contributed by atoms with Crippen molar-refractivity contribution >= 4 is 22.4 Å². The number of nitrogens with zero attached hydrogens (tertiary/aromatic N) is 2. The number of aromatic amines is 1. The van der Waals surface area contributed by atoms with Crippen LogP contribution in [-0.4, -0.2) is 20.7 Å². The number of aromatic nitrogens is 3. The molecular weight excluding hydrogens is 433 g/mol. The number of hydrogen-bond donors (Lipinski definition) is 2. The van der Waals surface area contributed by atoms with Gasteiger partial charge in [0.2, 0.25) is 5.91 Å². The molecule has 0 fully saturated rings. The van der Waals surface area contributed by atoms with Crippen molar-refractivity contribution < 1.29 is 18.0 Å². The zero-order chi connectivity index (χ0) is 23.8. The van der Waals surface area contributed by atoms with E-state index in [-0.39, 0.29) is 29.5 Å². The number of fused-ring (bicyclic) bond motifs is 1. The Hall–Kier alpha value is -3.88. The van der Waals surface area contributed by atoms with Gasteiger partial charge >= 0.3 is 6.18 Å². The lowest BCUT2D eigenvalue weighted by Gasteiger charge is -2.12. The minimum atomic E-state index is -4.59. The molecule has 1 amide bonds. The van der Waals surface area contributed by atoms with Gasteiger partial charge in [-0.15, -0.1) is 0 Å². The molecule has 6 nitrogen and oxygen atoms in total. The van der Waals surface area contributed by atoms with Gasteiger partial charge in [0.1, 0.15) is 0 Å². The lowest BCUT2D eigenvalue weighted by Crippen LogP contribution is -2.20. The van der Waals surface area contributed by atoms with Crippen LogP contribution >= 0.6 is 0 Å². The quantitative estimate of drug-likeness (QED) is 0.443. The van der Waals surface area contributed by atoms with Crippen molar-refractivity contribution in [2.75, 3.05) is 5.32 Å². The number of carbonyl (C=O) groups excluding carboxylic acids is 1. The third-order valence-corrected chi connectivity index (χ3v) is 5.27. The summed E-state index contributed by atoms with van der Waals surface area (Å²) < 4.78 is 41.1. The standard InChI is InChI=1S/C24H21F3N4O2/c1-14(2)22(32)29-18-5-3-4-15(10-18)13-31-9-8-17-11-16(6-7-19(17)23(31)33)20-12-28-30-21(20)24(25,26)27/h3-12,14H,13H2,1-2H3,(H,28,30)(H,29,32). The van der Waals surface area contributed by atoms with Crippen LogP contribution in [0.1, 0.15) is 25.1 Å². The zero-order valence-electron chi connectivity index (χ0n) is 17.9. The van der Waals surface area contributed by atoms with E-state index in [0.717, 1.165) is 5.56 Å². The molecule has 0 saturated carbocycles. The molecule has 0 radical (unpaired) electrons. The molecule has 0 atom stereocenters. The highest BCUT2D eigenvalue weighted by molar-refractivity contribution is 5.92. The van der Waals surface area contributed by atoms with Gasteiger partial charge in [0.25, 0.3) is 5.56 Å². The van der Waals surface area contributed by atoms with Gasteiger partial charge < -0.3 is 9.88 Å². The number of H-pyrrole nitrogens is 1. The number of nitrogens with one attached hydrogen (secondary N) is 2. The van der Waals surface area contributed by atoms with Gasteiger partial charge in [-0.25, -0.2) is 0 Å². The van der Waals surface area contributed by atoms with E-state index >= 15 is 0 Å². The molecule has 2 heterocycles. The second kappa shape index (κ2) is 8.57. The Labute approximate surface area is 187 Å². The first kappa shape index (κ1) is 22.3. The van der Waals surface area contributed by atoms with Gasteiger partial charge in [0, 0.05) is 34.9 Å². The van der Waals surface area contributed by atoms with Crippen LogP contribution in [0, 0.1) is 5.92 Å². The topological polar surface area (TPSA) is 79.8 Å². The van der Waals surface area contributed by atoms with Crippen molar-refractivity contribution in [1.29, 1.82) is 0 Å². The molecule has 4 aromatic rings. The van der Waals surface area contributed by atoms with E-state index in [4.69, 9.17) is 0 Å². The summed E-state index contributed by atoms with van der Waals surface area (Å²) in [5.41, 5.74) is 0.440. The molecule has 0 saturated heterocycles. The highest BCUT2D eigenvalue weighted by Crippen LogP contribution is 2.36.